The zero-order chi connectivity index (χ0) is 18.3. The first-order valence-corrected chi connectivity index (χ1v) is 10.7. The number of hydrogen-bond donors (Lipinski definition) is 1. The smallest absolute Gasteiger partial charge is 0.223 e. The maximum atomic E-state index is 13.0. The molecule has 1 unspecified atom stereocenters. The van der Waals surface area contributed by atoms with Gasteiger partial charge in [-0.3, -0.25) is 14.8 Å². The molecule has 1 aromatic heterocycles. The summed E-state index contributed by atoms with van der Waals surface area (Å²) in [6, 6.07) is 0. The van der Waals surface area contributed by atoms with Crippen LogP contribution in [0.15, 0.2) is 0 Å². The lowest BCUT2D eigenvalue weighted by atomic mass is 9.76. The van der Waals surface area contributed by atoms with Gasteiger partial charge >= 0.3 is 0 Å². The molecule has 0 radical (unpaired) electrons. The van der Waals surface area contributed by atoms with Crippen molar-refractivity contribution in [2.75, 3.05) is 45.9 Å². The Morgan fingerprint density at radius 3 is 2.74 bits per heavy atom. The van der Waals surface area contributed by atoms with E-state index < -0.39 is 0 Å². The highest BCUT2D eigenvalue weighted by molar-refractivity contribution is 5.77. The molecule has 2 aliphatic heterocycles. The molecule has 1 amide bonds. The van der Waals surface area contributed by atoms with Crippen LogP contribution in [0.1, 0.15) is 68.4 Å². The van der Waals surface area contributed by atoms with Gasteiger partial charge in [0, 0.05) is 51.0 Å². The van der Waals surface area contributed by atoms with Crippen molar-refractivity contribution in [3.63, 3.8) is 0 Å². The van der Waals surface area contributed by atoms with Gasteiger partial charge in [0.25, 0.3) is 0 Å². The van der Waals surface area contributed by atoms with Crippen molar-refractivity contribution < 1.29 is 9.53 Å². The van der Waals surface area contributed by atoms with Gasteiger partial charge in [-0.05, 0) is 31.1 Å². The van der Waals surface area contributed by atoms with Crippen LogP contribution in [0.25, 0.3) is 0 Å². The number of H-pyrrole nitrogens is 1. The minimum absolute atomic E-state index is 0.217. The molecular weight excluding hydrogens is 342 g/mol. The molecule has 4 aliphatic rings. The fourth-order valence-corrected chi connectivity index (χ4v) is 5.33. The molecule has 0 aromatic carbocycles. The second-order valence-electron chi connectivity index (χ2n) is 8.95. The van der Waals surface area contributed by atoms with Crippen molar-refractivity contribution in [3.8, 4) is 0 Å². The third-order valence-electron chi connectivity index (χ3n) is 7.14. The van der Waals surface area contributed by atoms with Gasteiger partial charge in [-0.1, -0.05) is 12.8 Å². The fourth-order valence-electron chi connectivity index (χ4n) is 5.33. The standard InChI is InChI=1S/C20H31N5O2/c26-17(5-8-24-9-11-27-12-10-24)25-13-16(20(14-25)6-1-2-7-20)19-21-18(22-23-19)15-3-4-15/h15-16H,1-14H2,(H,21,22,23). The number of carbonyl (C=O) groups excluding carboxylic acids is 1. The Bertz CT molecular complexity index is 674. The highest BCUT2D eigenvalue weighted by Gasteiger charge is 2.51. The molecule has 148 valence electrons. The molecule has 0 bridgehead atoms. The number of rotatable bonds is 5. The molecule has 2 saturated heterocycles. The normalized spacial score (nSPS) is 28.3. The van der Waals surface area contributed by atoms with Gasteiger partial charge in [0.05, 0.1) is 13.2 Å². The fraction of sp³-hybridized carbons (Fsp3) is 0.850. The Kier molecular flexibility index (Phi) is 4.68. The molecule has 4 fully saturated rings. The molecule has 1 N–H and O–H groups in total. The van der Waals surface area contributed by atoms with Crippen LogP contribution < -0.4 is 0 Å². The van der Waals surface area contributed by atoms with E-state index in [-0.39, 0.29) is 5.41 Å². The SMILES string of the molecule is O=C(CCN1CCOCC1)N1CC(c2nc(C3CC3)n[nH]2)C2(CCCC2)C1. The number of nitrogens with one attached hydrogen (secondary N) is 1. The molecule has 2 saturated carbocycles. The van der Waals surface area contributed by atoms with E-state index in [4.69, 9.17) is 9.72 Å². The molecule has 5 rings (SSSR count). The van der Waals surface area contributed by atoms with Gasteiger partial charge in [-0.25, -0.2) is 4.98 Å². The van der Waals surface area contributed by atoms with Crippen LogP contribution in [0.5, 0.6) is 0 Å². The molecule has 7 heteroatoms. The summed E-state index contributed by atoms with van der Waals surface area (Å²) in [5, 5.41) is 7.73. The summed E-state index contributed by atoms with van der Waals surface area (Å²) in [6.45, 7) is 6.03. The lowest BCUT2D eigenvalue weighted by Crippen LogP contribution is -2.39. The lowest BCUT2D eigenvalue weighted by Gasteiger charge is -2.28. The average Bonchev–Trinajstić information content (AvgIpc) is 3.11. The number of likely N-dealkylation sites (tertiary alicyclic amines) is 1. The average molecular weight is 374 g/mol. The number of nitrogens with zero attached hydrogens (tertiary/aromatic N) is 4. The van der Waals surface area contributed by atoms with Crippen LogP contribution in [0.2, 0.25) is 0 Å². The third-order valence-corrected chi connectivity index (χ3v) is 7.14. The predicted molar refractivity (Wildman–Crippen MR) is 100 cm³/mol. The van der Waals surface area contributed by atoms with E-state index in [2.05, 4.69) is 20.0 Å². The molecule has 3 heterocycles. The summed E-state index contributed by atoms with van der Waals surface area (Å²) in [6.07, 6.45) is 8.03. The predicted octanol–water partition coefficient (Wildman–Crippen LogP) is 1.89. The number of ether oxygens (including phenoxy) is 1. The van der Waals surface area contributed by atoms with E-state index in [1.165, 1.54) is 38.5 Å². The first-order valence-electron chi connectivity index (χ1n) is 10.7. The van der Waals surface area contributed by atoms with Crippen molar-refractivity contribution in [3.05, 3.63) is 11.6 Å². The first kappa shape index (κ1) is 17.6. The molecule has 2 aliphatic carbocycles. The highest BCUT2D eigenvalue weighted by atomic mass is 16.5. The van der Waals surface area contributed by atoms with Gasteiger partial charge < -0.3 is 9.64 Å². The number of morpholine rings is 1. The van der Waals surface area contributed by atoms with E-state index in [0.29, 0.717) is 24.2 Å². The Morgan fingerprint density at radius 2 is 2.00 bits per heavy atom. The first-order chi connectivity index (χ1) is 13.2. The van der Waals surface area contributed by atoms with Gasteiger partial charge in [0.1, 0.15) is 5.82 Å². The van der Waals surface area contributed by atoms with Gasteiger partial charge in [0.2, 0.25) is 5.91 Å². The Hall–Kier alpha value is -1.47. The van der Waals surface area contributed by atoms with Crippen LogP contribution in [0.3, 0.4) is 0 Å². The van der Waals surface area contributed by atoms with Crippen molar-refractivity contribution in [2.24, 2.45) is 5.41 Å². The Labute approximate surface area is 160 Å². The zero-order valence-electron chi connectivity index (χ0n) is 16.2. The van der Waals surface area contributed by atoms with Gasteiger partial charge in [-0.2, -0.15) is 5.10 Å². The largest absolute Gasteiger partial charge is 0.379 e. The summed E-state index contributed by atoms with van der Waals surface area (Å²) in [5.41, 5.74) is 0.217. The van der Waals surface area contributed by atoms with E-state index in [1.54, 1.807) is 0 Å². The quantitative estimate of drug-likeness (QED) is 0.853. The van der Waals surface area contributed by atoms with Crippen LogP contribution in [0, 0.1) is 5.41 Å². The number of amides is 1. The van der Waals surface area contributed by atoms with Crippen molar-refractivity contribution in [1.82, 2.24) is 25.0 Å². The molecule has 1 spiro atoms. The number of aromatic nitrogens is 3. The zero-order valence-corrected chi connectivity index (χ0v) is 16.2. The number of hydrogen-bond acceptors (Lipinski definition) is 5. The molecule has 7 nitrogen and oxygen atoms in total. The van der Waals surface area contributed by atoms with Crippen molar-refractivity contribution in [2.45, 2.75) is 56.8 Å². The monoisotopic (exact) mass is 373 g/mol. The maximum absolute atomic E-state index is 13.0. The van der Waals surface area contributed by atoms with Gasteiger partial charge in [-0.15, -0.1) is 0 Å². The molecule has 1 aromatic rings. The highest BCUT2D eigenvalue weighted by Crippen LogP contribution is 2.53. The van der Waals surface area contributed by atoms with Crippen LogP contribution in [-0.4, -0.2) is 76.8 Å². The van der Waals surface area contributed by atoms with Crippen LogP contribution in [-0.2, 0) is 9.53 Å². The summed E-state index contributed by atoms with van der Waals surface area (Å²) < 4.78 is 5.40. The second-order valence-corrected chi connectivity index (χ2v) is 8.95. The van der Waals surface area contributed by atoms with E-state index in [1.807, 2.05) is 0 Å². The molecule has 27 heavy (non-hydrogen) atoms. The lowest BCUT2D eigenvalue weighted by molar-refractivity contribution is -0.131. The summed E-state index contributed by atoms with van der Waals surface area (Å²) in [7, 11) is 0. The minimum Gasteiger partial charge on any atom is -0.379 e. The Morgan fingerprint density at radius 1 is 1.22 bits per heavy atom. The Balaban J connectivity index is 1.26. The van der Waals surface area contributed by atoms with E-state index in [0.717, 1.165) is 57.6 Å². The van der Waals surface area contributed by atoms with Crippen molar-refractivity contribution >= 4 is 5.91 Å². The topological polar surface area (TPSA) is 74.3 Å². The van der Waals surface area contributed by atoms with E-state index in [9.17, 15) is 4.79 Å². The van der Waals surface area contributed by atoms with E-state index >= 15 is 0 Å². The number of carbonyl (C=O) groups is 1. The third kappa shape index (κ3) is 3.51. The molecular formula is C20H31N5O2. The van der Waals surface area contributed by atoms with Gasteiger partial charge in [0.15, 0.2) is 5.82 Å². The maximum Gasteiger partial charge on any atom is 0.223 e. The van der Waals surface area contributed by atoms with Crippen LogP contribution in [0.4, 0.5) is 0 Å². The van der Waals surface area contributed by atoms with Crippen molar-refractivity contribution in [1.29, 1.82) is 0 Å². The number of aromatic amines is 1. The minimum atomic E-state index is 0.217. The summed E-state index contributed by atoms with van der Waals surface area (Å²) >= 11 is 0. The second kappa shape index (κ2) is 7.17. The molecule has 1 atom stereocenters. The van der Waals surface area contributed by atoms with Crippen LogP contribution >= 0.6 is 0 Å². The summed E-state index contributed by atoms with van der Waals surface area (Å²) in [4.78, 5) is 22.3. The summed E-state index contributed by atoms with van der Waals surface area (Å²) in [5.74, 6) is 3.23.